The number of ether oxygens (including phenoxy) is 2. The molecule has 0 spiro atoms. The lowest BCUT2D eigenvalue weighted by Gasteiger charge is -2.33. The molecule has 110 valence electrons. The number of nitrogens with zero attached hydrogens (tertiary/aromatic N) is 3. The highest BCUT2D eigenvalue weighted by Gasteiger charge is 2.28. The van der Waals surface area contributed by atoms with Crippen molar-refractivity contribution in [3.05, 3.63) is 18.5 Å². The number of carbonyl (C=O) groups excluding carboxylic acids is 1. The Balaban J connectivity index is 1.90. The zero-order chi connectivity index (χ0) is 14.6. The highest BCUT2D eigenvalue weighted by atomic mass is 16.6. The van der Waals surface area contributed by atoms with E-state index in [4.69, 9.17) is 9.47 Å². The van der Waals surface area contributed by atoms with Gasteiger partial charge in [0.25, 0.3) is 0 Å². The molecule has 1 atom stereocenters. The second kappa shape index (κ2) is 6.07. The quantitative estimate of drug-likeness (QED) is 0.830. The molecule has 6 nitrogen and oxygen atoms in total. The molecule has 0 bridgehead atoms. The lowest BCUT2D eigenvalue weighted by atomic mass is 10.1. The molecule has 1 aromatic rings. The van der Waals surface area contributed by atoms with Crippen LogP contribution in [0.15, 0.2) is 18.5 Å². The molecule has 0 aromatic carbocycles. The summed E-state index contributed by atoms with van der Waals surface area (Å²) in [7, 11) is 0. The van der Waals surface area contributed by atoms with Crippen LogP contribution in [0.5, 0.6) is 6.01 Å². The minimum absolute atomic E-state index is 0.0846. The summed E-state index contributed by atoms with van der Waals surface area (Å²) in [6.45, 7) is 6.79. The van der Waals surface area contributed by atoms with Gasteiger partial charge >= 0.3 is 12.1 Å². The predicted octanol–water partition coefficient (Wildman–Crippen LogP) is 2.25. The number of likely N-dealkylation sites (tertiary alicyclic amines) is 1. The fraction of sp³-hybridized carbons (Fsp3) is 0.643. The molecule has 0 radical (unpaired) electrons. The number of amides is 1. The highest BCUT2D eigenvalue weighted by Crippen LogP contribution is 2.18. The molecule has 1 aliphatic heterocycles. The fourth-order valence-corrected chi connectivity index (χ4v) is 2.02. The molecule has 1 aliphatic rings. The van der Waals surface area contributed by atoms with E-state index in [1.165, 1.54) is 0 Å². The van der Waals surface area contributed by atoms with E-state index in [2.05, 4.69) is 9.97 Å². The largest absolute Gasteiger partial charge is 0.458 e. The van der Waals surface area contributed by atoms with Gasteiger partial charge in [-0.2, -0.15) is 0 Å². The van der Waals surface area contributed by atoms with Gasteiger partial charge < -0.3 is 14.4 Å². The summed E-state index contributed by atoms with van der Waals surface area (Å²) in [5.74, 6) is 0. The molecule has 1 fully saturated rings. The van der Waals surface area contributed by atoms with Gasteiger partial charge in [-0.25, -0.2) is 14.8 Å². The van der Waals surface area contributed by atoms with Crippen molar-refractivity contribution in [3.8, 4) is 6.01 Å². The summed E-state index contributed by atoms with van der Waals surface area (Å²) in [5.41, 5.74) is -0.479. The maximum atomic E-state index is 12.0. The molecule has 0 N–H and O–H groups in total. The van der Waals surface area contributed by atoms with E-state index in [1.807, 2.05) is 20.8 Å². The summed E-state index contributed by atoms with van der Waals surface area (Å²) in [6.07, 6.45) is 4.67. The Morgan fingerprint density at radius 1 is 1.35 bits per heavy atom. The minimum Gasteiger partial charge on any atom is -0.458 e. The maximum absolute atomic E-state index is 12.0. The molecule has 0 aliphatic carbocycles. The summed E-state index contributed by atoms with van der Waals surface area (Å²) < 4.78 is 11.1. The van der Waals surface area contributed by atoms with E-state index in [-0.39, 0.29) is 12.2 Å². The van der Waals surface area contributed by atoms with Crippen molar-refractivity contribution in [2.24, 2.45) is 0 Å². The number of hydrogen-bond acceptors (Lipinski definition) is 5. The molecule has 1 aromatic heterocycles. The molecule has 1 unspecified atom stereocenters. The Labute approximate surface area is 119 Å². The number of rotatable bonds is 2. The average molecular weight is 279 g/mol. The third-order valence-corrected chi connectivity index (χ3v) is 2.84. The van der Waals surface area contributed by atoms with Gasteiger partial charge in [-0.3, -0.25) is 0 Å². The summed E-state index contributed by atoms with van der Waals surface area (Å²) in [4.78, 5) is 21.8. The SMILES string of the molecule is CC(C)(C)OC(=O)N1CCCC(Oc2ncccn2)C1. The summed E-state index contributed by atoms with van der Waals surface area (Å²) >= 11 is 0. The Morgan fingerprint density at radius 2 is 2.05 bits per heavy atom. The second-order valence-corrected chi connectivity index (χ2v) is 5.84. The van der Waals surface area contributed by atoms with Crippen LogP contribution < -0.4 is 4.74 Å². The highest BCUT2D eigenvalue weighted by molar-refractivity contribution is 5.68. The average Bonchev–Trinajstić information content (AvgIpc) is 2.38. The van der Waals surface area contributed by atoms with E-state index in [0.29, 0.717) is 19.1 Å². The van der Waals surface area contributed by atoms with Gasteiger partial charge in [-0.05, 0) is 39.7 Å². The summed E-state index contributed by atoms with van der Waals surface area (Å²) in [6, 6.07) is 2.09. The Kier molecular flexibility index (Phi) is 4.42. The van der Waals surface area contributed by atoms with Crippen LogP contribution in [-0.2, 0) is 4.74 Å². The van der Waals surface area contributed by atoms with Gasteiger partial charge in [0.1, 0.15) is 11.7 Å². The Hall–Kier alpha value is -1.85. The van der Waals surface area contributed by atoms with Crippen molar-refractivity contribution in [1.29, 1.82) is 0 Å². The smallest absolute Gasteiger partial charge is 0.410 e. The zero-order valence-corrected chi connectivity index (χ0v) is 12.2. The van der Waals surface area contributed by atoms with Crippen LogP contribution in [0.4, 0.5) is 4.79 Å². The van der Waals surface area contributed by atoms with Crippen LogP contribution in [-0.4, -0.2) is 45.8 Å². The van der Waals surface area contributed by atoms with E-state index >= 15 is 0 Å². The van der Waals surface area contributed by atoms with Gasteiger partial charge in [0, 0.05) is 18.9 Å². The van der Waals surface area contributed by atoms with Crippen molar-refractivity contribution in [2.45, 2.75) is 45.3 Å². The first-order chi connectivity index (χ1) is 9.44. The Bertz CT molecular complexity index is 445. The van der Waals surface area contributed by atoms with Crippen LogP contribution in [0.3, 0.4) is 0 Å². The third-order valence-electron chi connectivity index (χ3n) is 2.84. The summed E-state index contributed by atoms with van der Waals surface area (Å²) in [5, 5.41) is 0. The zero-order valence-electron chi connectivity index (χ0n) is 12.2. The van der Waals surface area contributed by atoms with Crippen molar-refractivity contribution < 1.29 is 14.3 Å². The van der Waals surface area contributed by atoms with Crippen LogP contribution in [0.25, 0.3) is 0 Å². The third kappa shape index (κ3) is 4.36. The number of hydrogen-bond donors (Lipinski definition) is 0. The second-order valence-electron chi connectivity index (χ2n) is 5.84. The van der Waals surface area contributed by atoms with Gasteiger partial charge in [0.2, 0.25) is 0 Å². The molecule has 6 heteroatoms. The first-order valence-electron chi connectivity index (χ1n) is 6.86. The van der Waals surface area contributed by atoms with Gasteiger partial charge in [0.15, 0.2) is 0 Å². The van der Waals surface area contributed by atoms with Gasteiger partial charge in [0.05, 0.1) is 6.54 Å². The number of aromatic nitrogens is 2. The molecule has 1 amide bonds. The van der Waals surface area contributed by atoms with Gasteiger partial charge in [-0.15, -0.1) is 0 Å². The Morgan fingerprint density at radius 3 is 2.70 bits per heavy atom. The normalized spacial score (nSPS) is 19.6. The van der Waals surface area contributed by atoms with Crippen LogP contribution in [0.1, 0.15) is 33.6 Å². The minimum atomic E-state index is -0.479. The van der Waals surface area contributed by atoms with Crippen molar-refractivity contribution in [2.75, 3.05) is 13.1 Å². The van der Waals surface area contributed by atoms with Gasteiger partial charge in [-0.1, -0.05) is 0 Å². The van der Waals surface area contributed by atoms with Crippen molar-refractivity contribution in [1.82, 2.24) is 14.9 Å². The monoisotopic (exact) mass is 279 g/mol. The fourth-order valence-electron chi connectivity index (χ4n) is 2.02. The maximum Gasteiger partial charge on any atom is 0.410 e. The van der Waals surface area contributed by atoms with E-state index in [9.17, 15) is 4.79 Å². The molecule has 1 saturated heterocycles. The van der Waals surface area contributed by atoms with E-state index in [1.54, 1.807) is 23.4 Å². The van der Waals surface area contributed by atoms with Crippen molar-refractivity contribution in [3.63, 3.8) is 0 Å². The molecular weight excluding hydrogens is 258 g/mol. The number of piperidine rings is 1. The standard InChI is InChI=1S/C14H21N3O3/c1-14(2,3)20-13(18)17-9-4-6-11(10-17)19-12-15-7-5-8-16-12/h5,7-8,11H,4,6,9-10H2,1-3H3. The molecule has 2 rings (SSSR count). The molecule has 0 saturated carbocycles. The first-order valence-corrected chi connectivity index (χ1v) is 6.86. The lowest BCUT2D eigenvalue weighted by molar-refractivity contribution is 0.00660. The molecule has 2 heterocycles. The molecular formula is C14H21N3O3. The van der Waals surface area contributed by atoms with Crippen LogP contribution in [0, 0.1) is 0 Å². The number of carbonyl (C=O) groups is 1. The molecule has 20 heavy (non-hydrogen) atoms. The first kappa shape index (κ1) is 14.6. The lowest BCUT2D eigenvalue weighted by Crippen LogP contribution is -2.46. The van der Waals surface area contributed by atoms with Crippen LogP contribution in [0.2, 0.25) is 0 Å². The van der Waals surface area contributed by atoms with Crippen molar-refractivity contribution >= 4 is 6.09 Å². The van der Waals surface area contributed by atoms with E-state index < -0.39 is 5.60 Å². The van der Waals surface area contributed by atoms with Crippen LogP contribution >= 0.6 is 0 Å². The van der Waals surface area contributed by atoms with E-state index in [0.717, 1.165) is 12.8 Å². The predicted molar refractivity (Wildman–Crippen MR) is 73.5 cm³/mol. The topological polar surface area (TPSA) is 64.5 Å².